The first kappa shape index (κ1) is 29.9. The maximum atomic E-state index is 13.3. The minimum Gasteiger partial charge on any atom is -0.325 e. The van der Waals surface area contributed by atoms with Crippen molar-refractivity contribution >= 4 is 23.5 Å². The highest BCUT2D eigenvalue weighted by atomic mass is 32.2. The lowest BCUT2D eigenvalue weighted by Crippen LogP contribution is -2.48. The summed E-state index contributed by atoms with van der Waals surface area (Å²) in [7, 11) is -9.16. The maximum absolute atomic E-state index is 13.3. The summed E-state index contributed by atoms with van der Waals surface area (Å²) in [6, 6.07) is 12.4. The van der Waals surface area contributed by atoms with Crippen molar-refractivity contribution in [1.29, 1.82) is 0 Å². The summed E-state index contributed by atoms with van der Waals surface area (Å²) < 4.78 is 44.1. The standard InChI is InChI=1S/C20H28N3O8PS.CH4/c1-15(2)13-22(33(29,30)18-10-8-17(9-11-18)23(24)25)14-20(31-32(26,27)28)19(21)12-16-6-4-3-5-7-16;/h3-11,15,19-20H,12-14,21H2,1-2H3,(H2,26,27,28);1H4/t19-,20+;/m0./s1. The molecule has 2 rings (SSSR count). The van der Waals surface area contributed by atoms with Gasteiger partial charge >= 0.3 is 7.82 Å². The van der Waals surface area contributed by atoms with Crippen LogP contribution in [0.1, 0.15) is 26.8 Å². The predicted molar refractivity (Wildman–Crippen MR) is 128 cm³/mol. The number of phosphoric acid groups is 1. The number of hydrogen-bond acceptors (Lipinski definition) is 7. The van der Waals surface area contributed by atoms with Crippen LogP contribution < -0.4 is 5.73 Å². The van der Waals surface area contributed by atoms with Crippen LogP contribution in [0, 0.1) is 16.0 Å². The molecule has 0 amide bonds. The van der Waals surface area contributed by atoms with Gasteiger partial charge in [0.15, 0.2) is 0 Å². The summed E-state index contributed by atoms with van der Waals surface area (Å²) >= 11 is 0. The molecule has 0 aliphatic rings. The van der Waals surface area contributed by atoms with E-state index < -0.39 is 41.5 Å². The first-order valence-electron chi connectivity index (χ1n) is 10.1. The summed E-state index contributed by atoms with van der Waals surface area (Å²) in [5.41, 5.74) is 6.73. The molecule has 0 saturated carbocycles. The summed E-state index contributed by atoms with van der Waals surface area (Å²) in [6.45, 7) is 3.15. The quantitative estimate of drug-likeness (QED) is 0.217. The number of nitro groups is 1. The van der Waals surface area contributed by atoms with Crippen molar-refractivity contribution < 1.29 is 32.2 Å². The Kier molecular flexibility index (Phi) is 11.0. The van der Waals surface area contributed by atoms with Gasteiger partial charge in [0.2, 0.25) is 10.0 Å². The van der Waals surface area contributed by atoms with E-state index in [0.717, 1.165) is 34.1 Å². The number of sulfonamides is 1. The van der Waals surface area contributed by atoms with Crippen molar-refractivity contribution in [2.75, 3.05) is 13.1 Å². The molecule has 2 atom stereocenters. The second-order valence-electron chi connectivity index (χ2n) is 7.95. The topological polar surface area (TPSA) is 173 Å². The van der Waals surface area contributed by atoms with Crippen LogP contribution in [0.3, 0.4) is 0 Å². The molecule has 0 bridgehead atoms. The zero-order valence-corrected chi connectivity index (χ0v) is 19.9. The Labute approximate surface area is 200 Å². The molecule has 0 unspecified atom stereocenters. The summed E-state index contributed by atoms with van der Waals surface area (Å²) in [5.74, 6) is -0.140. The van der Waals surface area contributed by atoms with Gasteiger partial charge in [0.05, 0.1) is 15.9 Å². The smallest absolute Gasteiger partial charge is 0.325 e. The summed E-state index contributed by atoms with van der Waals surface area (Å²) in [6.07, 6.45) is -1.13. The van der Waals surface area contributed by atoms with E-state index in [1.54, 1.807) is 44.2 Å². The Morgan fingerprint density at radius 1 is 1.09 bits per heavy atom. The van der Waals surface area contributed by atoms with Crippen LogP contribution in [0.25, 0.3) is 0 Å². The average molecular weight is 518 g/mol. The third kappa shape index (κ3) is 8.88. The Bertz CT molecular complexity index is 1070. The number of benzene rings is 2. The molecular formula is C21H32N3O8PS. The molecule has 4 N–H and O–H groups in total. The highest BCUT2D eigenvalue weighted by molar-refractivity contribution is 7.89. The van der Waals surface area contributed by atoms with Crippen molar-refractivity contribution in [3.8, 4) is 0 Å². The van der Waals surface area contributed by atoms with E-state index >= 15 is 0 Å². The van der Waals surface area contributed by atoms with Gasteiger partial charge in [-0.3, -0.25) is 14.6 Å². The predicted octanol–water partition coefficient (Wildman–Crippen LogP) is 2.93. The first-order chi connectivity index (χ1) is 15.3. The molecule has 0 spiro atoms. The van der Waals surface area contributed by atoms with Crippen LogP contribution in [0.4, 0.5) is 5.69 Å². The Morgan fingerprint density at radius 3 is 2.12 bits per heavy atom. The van der Waals surface area contributed by atoms with Gasteiger partial charge in [0.25, 0.3) is 5.69 Å². The molecule has 0 aliphatic heterocycles. The number of hydrogen-bond donors (Lipinski definition) is 3. The molecule has 0 fully saturated rings. The molecule has 0 aromatic heterocycles. The van der Waals surface area contributed by atoms with Crippen LogP contribution >= 0.6 is 7.82 Å². The largest absolute Gasteiger partial charge is 0.469 e. The van der Waals surface area contributed by atoms with E-state index in [9.17, 15) is 32.9 Å². The molecule has 0 saturated heterocycles. The zero-order valence-electron chi connectivity index (χ0n) is 18.2. The van der Waals surface area contributed by atoms with E-state index in [1.165, 1.54) is 0 Å². The van der Waals surface area contributed by atoms with E-state index in [2.05, 4.69) is 0 Å². The van der Waals surface area contributed by atoms with Crippen molar-refractivity contribution in [3.05, 3.63) is 70.3 Å². The molecule has 0 radical (unpaired) electrons. The van der Waals surface area contributed by atoms with Crippen molar-refractivity contribution in [2.24, 2.45) is 11.7 Å². The number of nitro benzene ring substituents is 1. The van der Waals surface area contributed by atoms with E-state index in [0.29, 0.717) is 0 Å². The lowest BCUT2D eigenvalue weighted by Gasteiger charge is -2.31. The third-order valence-corrected chi connectivity index (χ3v) is 7.09. The van der Waals surface area contributed by atoms with E-state index in [-0.39, 0.29) is 36.9 Å². The fourth-order valence-corrected chi connectivity index (χ4v) is 5.40. The summed E-state index contributed by atoms with van der Waals surface area (Å²) in [5, 5.41) is 10.9. The molecule has 190 valence electrons. The van der Waals surface area contributed by atoms with Gasteiger partial charge in [-0.15, -0.1) is 0 Å². The lowest BCUT2D eigenvalue weighted by molar-refractivity contribution is -0.384. The minimum absolute atomic E-state index is 0. The van der Waals surface area contributed by atoms with Crippen LogP contribution in [0.15, 0.2) is 59.5 Å². The van der Waals surface area contributed by atoms with Gasteiger partial charge in [0, 0.05) is 31.3 Å². The normalized spacial score (nSPS) is 14.0. The number of nitrogens with two attached hydrogens (primary N) is 1. The molecule has 13 heteroatoms. The highest BCUT2D eigenvalue weighted by Gasteiger charge is 2.34. The van der Waals surface area contributed by atoms with Crippen molar-refractivity contribution in [1.82, 2.24) is 4.31 Å². The molecule has 0 aliphatic carbocycles. The van der Waals surface area contributed by atoms with Crippen molar-refractivity contribution in [2.45, 2.75) is 44.7 Å². The fraction of sp³-hybridized carbons (Fsp3) is 0.429. The lowest BCUT2D eigenvalue weighted by atomic mass is 10.0. The second-order valence-corrected chi connectivity index (χ2v) is 11.1. The monoisotopic (exact) mass is 517 g/mol. The number of nitrogens with zero attached hydrogens (tertiary/aromatic N) is 2. The molecule has 34 heavy (non-hydrogen) atoms. The zero-order chi connectivity index (χ0) is 24.8. The number of non-ortho nitro benzene ring substituents is 1. The van der Waals surface area contributed by atoms with Gasteiger partial charge in [-0.25, -0.2) is 13.0 Å². The molecular weight excluding hydrogens is 485 g/mol. The van der Waals surface area contributed by atoms with Gasteiger partial charge in [-0.2, -0.15) is 4.31 Å². The van der Waals surface area contributed by atoms with Crippen molar-refractivity contribution in [3.63, 3.8) is 0 Å². The molecule has 2 aromatic carbocycles. The highest BCUT2D eigenvalue weighted by Crippen LogP contribution is 2.39. The van der Waals surface area contributed by atoms with E-state index in [1.807, 2.05) is 0 Å². The van der Waals surface area contributed by atoms with Gasteiger partial charge in [0.1, 0.15) is 0 Å². The number of phosphoric ester groups is 1. The SMILES string of the molecule is C.CC(C)CN(C[C@@H](OP(=O)(O)O)[C@@H](N)Cc1ccccc1)S(=O)(=O)c1ccc([N+](=O)[O-])cc1. The fourth-order valence-electron chi connectivity index (χ4n) is 3.21. The molecule has 0 heterocycles. The van der Waals surface area contributed by atoms with Gasteiger partial charge < -0.3 is 15.5 Å². The Morgan fingerprint density at radius 2 is 1.65 bits per heavy atom. The maximum Gasteiger partial charge on any atom is 0.469 e. The molecule has 11 nitrogen and oxygen atoms in total. The first-order valence-corrected chi connectivity index (χ1v) is 13.0. The van der Waals surface area contributed by atoms with Crippen LogP contribution in [0.2, 0.25) is 0 Å². The minimum atomic E-state index is -4.99. The Hall–Kier alpha value is -2.18. The van der Waals surface area contributed by atoms with Gasteiger partial charge in [-0.1, -0.05) is 51.6 Å². The Balaban J connectivity index is 0.00000578. The van der Waals surface area contributed by atoms with Crippen LogP contribution in [-0.2, 0) is 25.5 Å². The average Bonchev–Trinajstić information content (AvgIpc) is 2.72. The van der Waals surface area contributed by atoms with Gasteiger partial charge in [-0.05, 0) is 30.0 Å². The van der Waals surface area contributed by atoms with Crippen LogP contribution in [0.5, 0.6) is 0 Å². The van der Waals surface area contributed by atoms with Crippen LogP contribution in [-0.4, -0.2) is 52.7 Å². The molecule has 2 aromatic rings. The summed E-state index contributed by atoms with van der Waals surface area (Å²) in [4.78, 5) is 28.9. The second kappa shape index (κ2) is 12.5. The third-order valence-electron chi connectivity index (χ3n) is 4.70. The number of rotatable bonds is 12. The van der Waals surface area contributed by atoms with E-state index in [4.69, 9.17) is 10.3 Å².